The number of phosphoric ester groups is 1. The van der Waals surface area contributed by atoms with E-state index >= 15 is 0 Å². The molecule has 0 saturated carbocycles. The lowest BCUT2D eigenvalue weighted by Gasteiger charge is -2.26. The molecule has 0 bridgehead atoms. The van der Waals surface area contributed by atoms with Crippen LogP contribution in [0.2, 0.25) is 0 Å². The number of carboxylic acids is 3. The summed E-state index contributed by atoms with van der Waals surface area (Å²) in [5, 5.41) is 39.7. The third kappa shape index (κ3) is 18.7. The van der Waals surface area contributed by atoms with Crippen molar-refractivity contribution in [1.29, 1.82) is 0 Å². The van der Waals surface area contributed by atoms with Crippen molar-refractivity contribution < 1.29 is 72.6 Å². The van der Waals surface area contributed by atoms with Crippen LogP contribution in [-0.4, -0.2) is 109 Å². The van der Waals surface area contributed by atoms with E-state index < -0.39 is 111 Å². The van der Waals surface area contributed by atoms with Gasteiger partial charge in [0.05, 0.1) is 6.04 Å². The molecule has 0 heterocycles. The minimum absolute atomic E-state index is 0.0233. The van der Waals surface area contributed by atoms with Gasteiger partial charge in [-0.15, -0.1) is 0 Å². The number of carbonyl (C=O) groups is 8. The zero-order valence-electron chi connectivity index (χ0n) is 30.7. The summed E-state index contributed by atoms with van der Waals surface area (Å²) in [4.78, 5) is 118. The van der Waals surface area contributed by atoms with Crippen LogP contribution in [0.3, 0.4) is 0 Å². The second-order valence-electron chi connectivity index (χ2n) is 12.5. The molecule has 21 nitrogen and oxygen atoms in total. The quantitative estimate of drug-likeness (QED) is 0.0515. The van der Waals surface area contributed by atoms with E-state index in [0.29, 0.717) is 18.4 Å². The zero-order chi connectivity index (χ0) is 41.9. The number of nitrogens with one attached hydrogen (secondary N) is 5. The number of amides is 5. The maximum absolute atomic E-state index is 13.8. The van der Waals surface area contributed by atoms with E-state index in [9.17, 15) is 53.1 Å². The average molecular weight is 803 g/mol. The number of benzene rings is 1. The van der Waals surface area contributed by atoms with Gasteiger partial charge in [-0.3, -0.25) is 43.3 Å². The highest BCUT2D eigenvalue weighted by Gasteiger charge is 2.32. The Hall–Kier alpha value is -5.11. The lowest BCUT2D eigenvalue weighted by atomic mass is 10.0. The van der Waals surface area contributed by atoms with Crippen LogP contribution in [0.1, 0.15) is 84.1 Å². The highest BCUT2D eigenvalue weighted by Crippen LogP contribution is 2.37. The molecule has 22 heteroatoms. The summed E-state index contributed by atoms with van der Waals surface area (Å²) >= 11 is 0. The van der Waals surface area contributed by atoms with Gasteiger partial charge in [0, 0.05) is 19.3 Å². The van der Waals surface area contributed by atoms with Crippen molar-refractivity contribution in [1.82, 2.24) is 26.6 Å². The van der Waals surface area contributed by atoms with Crippen molar-refractivity contribution in [3.63, 3.8) is 0 Å². The molecule has 12 N–H and O–H groups in total. The normalized spacial score (nSPS) is 14.4. The first-order valence-electron chi connectivity index (χ1n) is 17.5. The summed E-state index contributed by atoms with van der Waals surface area (Å²) in [6.07, 6.45) is -0.766. The topological polar surface area (TPSA) is 350 Å². The lowest BCUT2D eigenvalue weighted by Crippen LogP contribution is -2.59. The minimum atomic E-state index is -4.91. The number of unbranched alkanes of at least 4 members (excludes halogenated alkanes) is 1. The van der Waals surface area contributed by atoms with Crippen molar-refractivity contribution >= 4 is 55.3 Å². The molecule has 308 valence electrons. The molecule has 0 aliphatic rings. The summed E-state index contributed by atoms with van der Waals surface area (Å²) in [6.45, 7) is 4.96. The maximum Gasteiger partial charge on any atom is 0.524 e. The first-order valence-corrected chi connectivity index (χ1v) is 19.0. The summed E-state index contributed by atoms with van der Waals surface area (Å²) in [7, 11) is -4.91. The monoisotopic (exact) mass is 802 g/mol. The zero-order valence-corrected chi connectivity index (χ0v) is 31.6. The number of nitrogens with two attached hydrogens (primary N) is 1. The van der Waals surface area contributed by atoms with E-state index in [1.807, 2.05) is 6.92 Å². The Morgan fingerprint density at radius 2 is 1.07 bits per heavy atom. The van der Waals surface area contributed by atoms with Crippen LogP contribution in [0.4, 0.5) is 0 Å². The van der Waals surface area contributed by atoms with E-state index in [-0.39, 0.29) is 37.9 Å². The van der Waals surface area contributed by atoms with Crippen molar-refractivity contribution in [3.05, 3.63) is 29.8 Å². The molecule has 0 unspecified atom stereocenters. The van der Waals surface area contributed by atoms with Gasteiger partial charge in [-0.2, -0.15) is 0 Å². The van der Waals surface area contributed by atoms with Gasteiger partial charge in [0.25, 0.3) is 0 Å². The van der Waals surface area contributed by atoms with Crippen LogP contribution in [0.25, 0.3) is 0 Å². The number of phosphoric acid groups is 1. The third-order valence-corrected chi connectivity index (χ3v) is 8.50. The fourth-order valence-corrected chi connectivity index (χ4v) is 5.35. The Kier molecular flexibility index (Phi) is 20.6. The standard InChI is InChI=1S/C33H51N6O15P/c1-4-7-8-24(33(49)50)38-30(46)22(6-3)35-29(45)21(5-2)36-32(48)25(17-18-9-11-19(12-10-18)54-55(51,52)53)39-31(47)23(14-16-27(42)43)37-28(44)20(34)13-15-26(40)41/h9-12,20-25H,4-8,13-17,34H2,1-3H3,(H,35,45)(H,36,48)(H,37,44)(H,38,46)(H,39,47)(H,40,41)(H,42,43)(H,49,50)(H2,51,52,53)/t20-,21-,22-,23-,24-,25-/m0/s1. The minimum Gasteiger partial charge on any atom is -0.481 e. The molecule has 0 saturated heterocycles. The molecule has 1 aromatic rings. The lowest BCUT2D eigenvalue weighted by molar-refractivity contribution is -0.142. The Balaban J connectivity index is 3.35. The van der Waals surface area contributed by atoms with Crippen molar-refractivity contribution in [3.8, 4) is 5.75 Å². The van der Waals surface area contributed by atoms with Crippen LogP contribution in [-0.2, 0) is 49.3 Å². The summed E-state index contributed by atoms with van der Waals surface area (Å²) in [5.74, 6) is -8.57. The van der Waals surface area contributed by atoms with Gasteiger partial charge in [-0.25, -0.2) is 9.36 Å². The molecule has 55 heavy (non-hydrogen) atoms. The molecule has 1 rings (SSSR count). The number of carboxylic acid groups (broad SMARTS) is 3. The summed E-state index contributed by atoms with van der Waals surface area (Å²) in [5.41, 5.74) is 6.06. The van der Waals surface area contributed by atoms with E-state index in [4.69, 9.17) is 20.6 Å². The van der Waals surface area contributed by atoms with Gasteiger partial charge in [0.2, 0.25) is 29.5 Å². The SMILES string of the molecule is CCCC[C@H](NC(=O)[C@H](CC)NC(=O)[C@H](CC)NC(=O)[C@H](Cc1ccc(OP(=O)(O)O)cc1)NC(=O)[C@H](CCC(=O)O)NC(=O)[C@@H](N)CCC(=O)O)C(=O)O. The summed E-state index contributed by atoms with van der Waals surface area (Å²) < 4.78 is 15.8. The van der Waals surface area contributed by atoms with Crippen molar-refractivity contribution in [2.45, 2.75) is 121 Å². The number of hydrogen-bond donors (Lipinski definition) is 11. The number of rotatable bonds is 26. The van der Waals surface area contributed by atoms with Crippen LogP contribution in [0.5, 0.6) is 5.75 Å². The van der Waals surface area contributed by atoms with Gasteiger partial charge in [0.1, 0.15) is 36.0 Å². The predicted molar refractivity (Wildman–Crippen MR) is 192 cm³/mol. The largest absolute Gasteiger partial charge is 0.524 e. The first kappa shape index (κ1) is 47.9. The number of hydrogen-bond acceptors (Lipinski definition) is 11. The van der Waals surface area contributed by atoms with Gasteiger partial charge >= 0.3 is 25.7 Å². The van der Waals surface area contributed by atoms with Gasteiger partial charge < -0.3 is 52.2 Å². The fraction of sp³-hybridized carbons (Fsp3) is 0.576. The molecule has 0 aliphatic carbocycles. The Labute approximate surface area is 316 Å². The Bertz CT molecular complexity index is 1550. The first-order chi connectivity index (χ1) is 25.7. The second kappa shape index (κ2) is 23.6. The average Bonchev–Trinajstić information content (AvgIpc) is 3.10. The highest BCUT2D eigenvalue weighted by atomic mass is 31.2. The van der Waals surface area contributed by atoms with Crippen molar-refractivity contribution in [2.75, 3.05) is 0 Å². The highest BCUT2D eigenvalue weighted by molar-refractivity contribution is 7.46. The van der Waals surface area contributed by atoms with Crippen molar-refractivity contribution in [2.24, 2.45) is 5.73 Å². The Morgan fingerprint density at radius 1 is 0.636 bits per heavy atom. The van der Waals surface area contributed by atoms with E-state index in [1.54, 1.807) is 6.92 Å². The molecular weight excluding hydrogens is 751 g/mol. The summed E-state index contributed by atoms with van der Waals surface area (Å²) in [6, 6.07) is -3.15. The fourth-order valence-electron chi connectivity index (χ4n) is 4.96. The van der Waals surface area contributed by atoms with E-state index in [0.717, 1.165) is 0 Å². The van der Waals surface area contributed by atoms with Crippen LogP contribution < -0.4 is 36.8 Å². The number of aliphatic carboxylic acids is 3. The Morgan fingerprint density at radius 3 is 1.53 bits per heavy atom. The van der Waals surface area contributed by atoms with Crippen LogP contribution >= 0.6 is 7.82 Å². The molecule has 0 aliphatic heterocycles. The molecule has 6 atom stereocenters. The van der Waals surface area contributed by atoms with Crippen LogP contribution in [0, 0.1) is 0 Å². The molecule has 0 fully saturated rings. The molecule has 0 aromatic heterocycles. The molecule has 0 radical (unpaired) electrons. The third-order valence-electron chi connectivity index (χ3n) is 8.05. The molecule has 0 spiro atoms. The van der Waals surface area contributed by atoms with E-state index in [1.165, 1.54) is 31.2 Å². The number of carbonyl (C=O) groups excluding carboxylic acids is 5. The molecule has 5 amide bonds. The maximum atomic E-state index is 13.8. The molecular formula is C33H51N6O15P. The van der Waals surface area contributed by atoms with E-state index in [2.05, 4.69) is 31.1 Å². The van der Waals surface area contributed by atoms with Crippen LogP contribution in [0.15, 0.2) is 24.3 Å². The van der Waals surface area contributed by atoms with Gasteiger partial charge in [-0.05, 0) is 49.8 Å². The van der Waals surface area contributed by atoms with Gasteiger partial charge in [-0.1, -0.05) is 45.7 Å². The molecule has 1 aromatic carbocycles. The second-order valence-corrected chi connectivity index (χ2v) is 13.7. The predicted octanol–water partition coefficient (Wildman–Crippen LogP) is -0.724. The smallest absolute Gasteiger partial charge is 0.481 e. The van der Waals surface area contributed by atoms with Gasteiger partial charge in [0.15, 0.2) is 0 Å².